The van der Waals surface area contributed by atoms with Crippen molar-refractivity contribution in [2.24, 2.45) is 4.99 Å². The number of halogens is 1. The molecule has 2 N–H and O–H groups in total. The molecule has 1 fully saturated rings. The van der Waals surface area contributed by atoms with Crippen LogP contribution in [0.1, 0.15) is 50.7 Å². The van der Waals surface area contributed by atoms with Gasteiger partial charge in [0.25, 0.3) is 0 Å². The number of benzene rings is 1. The average Bonchev–Trinajstić information content (AvgIpc) is 2.69. The summed E-state index contributed by atoms with van der Waals surface area (Å²) in [6.07, 6.45) is 5.91. The lowest BCUT2D eigenvalue weighted by atomic mass is 10.0. The Kier molecular flexibility index (Phi) is 12.5. The van der Waals surface area contributed by atoms with Gasteiger partial charge < -0.3 is 20.3 Å². The molecule has 6 heteroatoms. The second-order valence-corrected chi connectivity index (χ2v) is 7.43. The molecule has 0 saturated carbocycles. The van der Waals surface area contributed by atoms with Gasteiger partial charge in [-0.2, -0.15) is 0 Å². The number of hydrogen-bond donors (Lipinski definition) is 2. The lowest BCUT2D eigenvalue weighted by Crippen LogP contribution is -2.48. The number of aryl methyl sites for hydroxylation is 1. The Morgan fingerprint density at radius 1 is 1.25 bits per heavy atom. The zero-order chi connectivity index (χ0) is 19.5. The molecule has 0 amide bonds. The number of nitrogens with one attached hydrogen (secondary N) is 2. The molecule has 1 heterocycles. The maximum absolute atomic E-state index is 5.42. The third-order valence-corrected chi connectivity index (χ3v) is 5.24. The Morgan fingerprint density at radius 3 is 2.64 bits per heavy atom. The number of methoxy groups -OCH3 is 1. The second kappa shape index (κ2) is 14.0. The first-order valence-corrected chi connectivity index (χ1v) is 10.6. The number of aliphatic imine (C=N–C) groups is 1. The highest BCUT2D eigenvalue weighted by atomic mass is 127. The van der Waals surface area contributed by atoms with Gasteiger partial charge in [0.1, 0.15) is 5.75 Å². The van der Waals surface area contributed by atoms with E-state index in [0.29, 0.717) is 6.04 Å². The minimum Gasteiger partial charge on any atom is -0.496 e. The number of guanidine groups is 1. The molecular weight excluding hydrogens is 463 g/mol. The van der Waals surface area contributed by atoms with Gasteiger partial charge in [0, 0.05) is 32.2 Å². The van der Waals surface area contributed by atoms with Crippen LogP contribution >= 0.6 is 24.0 Å². The molecule has 5 nitrogen and oxygen atoms in total. The van der Waals surface area contributed by atoms with Gasteiger partial charge in [0.05, 0.1) is 7.11 Å². The number of unbranched alkanes of at least 4 members (excludes halogenated alkanes) is 1. The summed E-state index contributed by atoms with van der Waals surface area (Å²) in [6.45, 7) is 11.8. The van der Waals surface area contributed by atoms with E-state index >= 15 is 0 Å². The van der Waals surface area contributed by atoms with Crippen molar-refractivity contribution in [1.82, 2.24) is 15.5 Å². The fraction of sp³-hybridized carbons (Fsp3) is 0.682. The summed E-state index contributed by atoms with van der Waals surface area (Å²) in [5, 5.41) is 7.03. The highest BCUT2D eigenvalue weighted by molar-refractivity contribution is 14.0. The third-order valence-electron chi connectivity index (χ3n) is 5.24. The van der Waals surface area contributed by atoms with Gasteiger partial charge >= 0.3 is 0 Å². The van der Waals surface area contributed by atoms with E-state index in [1.165, 1.54) is 56.4 Å². The smallest absolute Gasteiger partial charge is 0.191 e. The van der Waals surface area contributed by atoms with Gasteiger partial charge in [-0.3, -0.25) is 4.99 Å². The van der Waals surface area contributed by atoms with E-state index < -0.39 is 0 Å². The minimum atomic E-state index is 0. The molecule has 2 rings (SSSR count). The first-order chi connectivity index (χ1) is 13.2. The van der Waals surface area contributed by atoms with E-state index in [9.17, 15) is 0 Å². The molecule has 0 bridgehead atoms. The van der Waals surface area contributed by atoms with Gasteiger partial charge in [-0.1, -0.05) is 25.5 Å². The number of likely N-dealkylation sites (tertiary alicyclic amines) is 1. The summed E-state index contributed by atoms with van der Waals surface area (Å²) >= 11 is 0. The van der Waals surface area contributed by atoms with Gasteiger partial charge in [0.2, 0.25) is 0 Å². The standard InChI is InChI=1S/C22H38N4O.HI/c1-5-7-14-26-15-11-20(12-16-26)25-22(23-6-2)24-13-10-19-9-8-18(3)21(17-19)27-4;/h8-9,17,20H,5-7,10-16H2,1-4H3,(H2,23,24,25);1H. The van der Waals surface area contributed by atoms with Gasteiger partial charge in [-0.05, 0) is 63.3 Å². The van der Waals surface area contributed by atoms with Crippen LogP contribution in [0, 0.1) is 6.92 Å². The Bertz CT molecular complexity index is 586. The maximum Gasteiger partial charge on any atom is 0.191 e. The molecule has 0 radical (unpaired) electrons. The highest BCUT2D eigenvalue weighted by Gasteiger charge is 2.19. The van der Waals surface area contributed by atoms with Crippen LogP contribution in [0.25, 0.3) is 0 Å². The fourth-order valence-electron chi connectivity index (χ4n) is 3.51. The normalized spacial score (nSPS) is 15.8. The Morgan fingerprint density at radius 2 is 2.00 bits per heavy atom. The highest BCUT2D eigenvalue weighted by Crippen LogP contribution is 2.19. The van der Waals surface area contributed by atoms with Crippen LogP contribution < -0.4 is 15.4 Å². The van der Waals surface area contributed by atoms with Crippen molar-refractivity contribution >= 4 is 29.9 Å². The van der Waals surface area contributed by atoms with Crippen molar-refractivity contribution in [2.45, 2.75) is 58.9 Å². The van der Waals surface area contributed by atoms with Crippen LogP contribution in [-0.4, -0.2) is 56.7 Å². The molecule has 0 unspecified atom stereocenters. The van der Waals surface area contributed by atoms with Crippen molar-refractivity contribution in [3.8, 4) is 5.75 Å². The van der Waals surface area contributed by atoms with E-state index in [1.54, 1.807) is 7.11 Å². The van der Waals surface area contributed by atoms with Gasteiger partial charge in [-0.15, -0.1) is 24.0 Å². The van der Waals surface area contributed by atoms with Crippen molar-refractivity contribution in [1.29, 1.82) is 0 Å². The summed E-state index contributed by atoms with van der Waals surface area (Å²) in [6, 6.07) is 6.94. The molecule has 0 spiro atoms. The molecule has 1 aromatic rings. The fourth-order valence-corrected chi connectivity index (χ4v) is 3.51. The second-order valence-electron chi connectivity index (χ2n) is 7.43. The van der Waals surface area contributed by atoms with Crippen LogP contribution in [0.5, 0.6) is 5.75 Å². The van der Waals surface area contributed by atoms with E-state index in [1.807, 2.05) is 0 Å². The van der Waals surface area contributed by atoms with E-state index in [4.69, 9.17) is 9.73 Å². The topological polar surface area (TPSA) is 48.9 Å². The molecule has 160 valence electrons. The maximum atomic E-state index is 5.42. The van der Waals surface area contributed by atoms with Crippen molar-refractivity contribution in [2.75, 3.05) is 39.8 Å². The first-order valence-electron chi connectivity index (χ1n) is 10.6. The van der Waals surface area contributed by atoms with E-state index in [-0.39, 0.29) is 24.0 Å². The number of ether oxygens (including phenoxy) is 1. The number of nitrogens with zero attached hydrogens (tertiary/aromatic N) is 2. The largest absolute Gasteiger partial charge is 0.496 e. The monoisotopic (exact) mass is 502 g/mol. The van der Waals surface area contributed by atoms with Crippen molar-refractivity contribution in [3.05, 3.63) is 29.3 Å². The van der Waals surface area contributed by atoms with E-state index in [0.717, 1.165) is 31.2 Å². The first kappa shape index (κ1) is 25.0. The van der Waals surface area contributed by atoms with Crippen LogP contribution in [0.3, 0.4) is 0 Å². The summed E-state index contributed by atoms with van der Waals surface area (Å²) in [5.41, 5.74) is 2.44. The van der Waals surface area contributed by atoms with Crippen LogP contribution in [0.4, 0.5) is 0 Å². The lowest BCUT2D eigenvalue weighted by molar-refractivity contribution is 0.203. The predicted octanol–water partition coefficient (Wildman–Crippen LogP) is 3.98. The quantitative estimate of drug-likeness (QED) is 0.305. The number of rotatable bonds is 9. The minimum absolute atomic E-state index is 0. The Balaban J connectivity index is 0.00000392. The summed E-state index contributed by atoms with van der Waals surface area (Å²) in [7, 11) is 1.73. The average molecular weight is 502 g/mol. The zero-order valence-electron chi connectivity index (χ0n) is 18.1. The summed E-state index contributed by atoms with van der Waals surface area (Å²) in [4.78, 5) is 7.38. The predicted molar refractivity (Wildman–Crippen MR) is 130 cm³/mol. The molecule has 28 heavy (non-hydrogen) atoms. The lowest BCUT2D eigenvalue weighted by Gasteiger charge is -2.33. The Hall–Kier alpha value is -1.02. The molecule has 1 aliphatic rings. The SMILES string of the molecule is CCCCN1CCC(NC(=NCCc2ccc(C)c(OC)c2)NCC)CC1.I. The van der Waals surface area contributed by atoms with Crippen molar-refractivity contribution in [3.63, 3.8) is 0 Å². The number of piperidine rings is 1. The van der Waals surface area contributed by atoms with Crippen LogP contribution in [0.15, 0.2) is 23.2 Å². The van der Waals surface area contributed by atoms with Gasteiger partial charge in [-0.25, -0.2) is 0 Å². The molecule has 1 saturated heterocycles. The molecular formula is C22H39IN4O. The van der Waals surface area contributed by atoms with Crippen LogP contribution in [0.2, 0.25) is 0 Å². The van der Waals surface area contributed by atoms with Crippen LogP contribution in [-0.2, 0) is 6.42 Å². The van der Waals surface area contributed by atoms with Gasteiger partial charge in [0.15, 0.2) is 5.96 Å². The number of hydrogen-bond acceptors (Lipinski definition) is 3. The van der Waals surface area contributed by atoms with E-state index in [2.05, 4.69) is 54.5 Å². The summed E-state index contributed by atoms with van der Waals surface area (Å²) < 4.78 is 5.42. The molecule has 1 aromatic carbocycles. The van der Waals surface area contributed by atoms with Crippen molar-refractivity contribution < 1.29 is 4.74 Å². The molecule has 1 aliphatic heterocycles. The summed E-state index contributed by atoms with van der Waals surface area (Å²) in [5.74, 6) is 1.90. The third kappa shape index (κ3) is 8.55. The Labute approximate surface area is 188 Å². The molecule has 0 aromatic heterocycles. The zero-order valence-corrected chi connectivity index (χ0v) is 20.4. The molecule has 0 atom stereocenters. The molecule has 0 aliphatic carbocycles.